The van der Waals surface area contributed by atoms with Gasteiger partial charge in [0.1, 0.15) is 23.7 Å². The molecular formula is C26H36F3N5O6. The Balaban J connectivity index is 2.00. The van der Waals surface area contributed by atoms with Crippen molar-refractivity contribution in [3.63, 3.8) is 0 Å². The number of nitrogens with zero attached hydrogens (tertiary/aromatic N) is 2. The Morgan fingerprint density at radius 2 is 1.70 bits per heavy atom. The summed E-state index contributed by atoms with van der Waals surface area (Å²) in [6.07, 6.45) is -6.07. The third-order valence-electron chi connectivity index (χ3n) is 7.66. The third kappa shape index (κ3) is 6.39. The van der Waals surface area contributed by atoms with Crippen molar-refractivity contribution in [1.29, 1.82) is 0 Å². The highest BCUT2D eigenvalue weighted by molar-refractivity contribution is 5.98. The number of hydrogen-bond acceptors (Lipinski definition) is 7. The molecule has 2 aliphatic rings. The van der Waals surface area contributed by atoms with Gasteiger partial charge >= 0.3 is 6.18 Å². The minimum Gasteiger partial charge on any atom is -0.391 e. The number of benzene rings is 1. The highest BCUT2D eigenvalue weighted by Crippen LogP contribution is 2.37. The summed E-state index contributed by atoms with van der Waals surface area (Å²) in [6, 6.07) is 0.465. The smallest absolute Gasteiger partial charge is 0.391 e. The molecule has 7 N–H and O–H groups in total. The van der Waals surface area contributed by atoms with Crippen molar-refractivity contribution < 1.29 is 42.6 Å². The van der Waals surface area contributed by atoms with Crippen LogP contribution in [-0.2, 0) is 31.8 Å². The van der Waals surface area contributed by atoms with Crippen LogP contribution in [0.4, 0.5) is 13.2 Å². The number of carbonyl (C=O) groups excluding carboxylic acids is 4. The van der Waals surface area contributed by atoms with Gasteiger partial charge in [0.05, 0.1) is 17.8 Å². The number of likely N-dealkylation sites (tertiary alicyclic amines) is 2. The minimum atomic E-state index is -4.57. The molecule has 0 aromatic heterocycles. The largest absolute Gasteiger partial charge is 0.416 e. The minimum absolute atomic E-state index is 0.101. The first kappa shape index (κ1) is 31.3. The second-order valence-electron chi connectivity index (χ2n) is 10.5. The zero-order chi connectivity index (χ0) is 30.0. The number of primary amides is 1. The average molecular weight is 572 g/mol. The number of alkyl halides is 3. The van der Waals surface area contributed by atoms with Crippen LogP contribution in [0.25, 0.3) is 0 Å². The lowest BCUT2D eigenvalue weighted by molar-refractivity contribution is -0.152. The molecule has 222 valence electrons. The Hall–Kier alpha value is -3.23. The SMILES string of the molecule is C[C@@H](O)C(NC(=O)[C@]1(Cc2ccc(C(F)(F)F)cc2)CCCN1C(=O)[C@@H]1CCCN1C(=O)[C@@H](N)[C@@H](C)O)C(N)=O. The lowest BCUT2D eigenvalue weighted by Gasteiger charge is -2.41. The number of aliphatic hydroxyl groups excluding tert-OH is 2. The number of nitrogens with two attached hydrogens (primary N) is 2. The number of rotatable bonds is 9. The van der Waals surface area contributed by atoms with Gasteiger partial charge in [-0.1, -0.05) is 12.1 Å². The molecule has 2 saturated heterocycles. The quantitative estimate of drug-likeness (QED) is 0.269. The Kier molecular flexibility index (Phi) is 9.47. The average Bonchev–Trinajstić information content (AvgIpc) is 3.53. The van der Waals surface area contributed by atoms with E-state index in [0.29, 0.717) is 18.4 Å². The van der Waals surface area contributed by atoms with Gasteiger partial charge in [-0.2, -0.15) is 13.2 Å². The first-order valence-electron chi connectivity index (χ1n) is 13.1. The van der Waals surface area contributed by atoms with Crippen LogP contribution in [0.3, 0.4) is 0 Å². The molecule has 2 fully saturated rings. The zero-order valence-corrected chi connectivity index (χ0v) is 22.4. The van der Waals surface area contributed by atoms with Crippen molar-refractivity contribution in [2.75, 3.05) is 13.1 Å². The predicted octanol–water partition coefficient (Wildman–Crippen LogP) is -0.341. The van der Waals surface area contributed by atoms with Crippen LogP contribution in [0.1, 0.15) is 50.7 Å². The fourth-order valence-electron chi connectivity index (χ4n) is 5.42. The number of carbonyl (C=O) groups is 4. The molecule has 4 amide bonds. The monoisotopic (exact) mass is 571 g/mol. The van der Waals surface area contributed by atoms with Gasteiger partial charge in [0.2, 0.25) is 23.6 Å². The summed E-state index contributed by atoms with van der Waals surface area (Å²) >= 11 is 0. The maximum Gasteiger partial charge on any atom is 0.416 e. The summed E-state index contributed by atoms with van der Waals surface area (Å²) in [5.74, 6) is -3.00. The van der Waals surface area contributed by atoms with Crippen LogP contribution in [-0.4, -0.2) is 92.6 Å². The van der Waals surface area contributed by atoms with E-state index in [4.69, 9.17) is 11.5 Å². The van der Waals surface area contributed by atoms with Gasteiger partial charge < -0.3 is 36.8 Å². The topological polar surface area (TPSA) is 179 Å². The molecule has 0 radical (unpaired) electrons. The van der Waals surface area contributed by atoms with Crippen LogP contribution in [0.15, 0.2) is 24.3 Å². The molecule has 1 aromatic rings. The normalized spacial score (nSPS) is 24.4. The van der Waals surface area contributed by atoms with Crippen LogP contribution < -0.4 is 16.8 Å². The van der Waals surface area contributed by atoms with Crippen molar-refractivity contribution in [3.8, 4) is 0 Å². The predicted molar refractivity (Wildman–Crippen MR) is 136 cm³/mol. The molecule has 0 aliphatic carbocycles. The summed E-state index contributed by atoms with van der Waals surface area (Å²) in [6.45, 7) is 2.92. The van der Waals surface area contributed by atoms with E-state index in [1.807, 2.05) is 0 Å². The summed E-state index contributed by atoms with van der Waals surface area (Å²) in [5.41, 5.74) is 8.99. The van der Waals surface area contributed by atoms with E-state index in [1.54, 1.807) is 0 Å². The number of nitrogens with one attached hydrogen (secondary N) is 1. The fourth-order valence-corrected chi connectivity index (χ4v) is 5.42. The molecule has 14 heteroatoms. The summed E-state index contributed by atoms with van der Waals surface area (Å²) in [4.78, 5) is 55.2. The maximum absolute atomic E-state index is 14.0. The Morgan fingerprint density at radius 3 is 2.23 bits per heavy atom. The standard InChI is InChI=1S/C26H36F3N5O6/c1-14(35)19(30)23(39)33-11-3-5-18(33)22(38)34-12-4-10-25(34,24(40)32-20(15(2)36)21(31)37)13-16-6-8-17(9-7-16)26(27,28)29/h6-9,14-15,18-20,35-36H,3-5,10-13,30H2,1-2H3,(H2,31,37)(H,32,40)/t14-,15-,18+,19+,20?,25-/m1/s1. The molecule has 0 bridgehead atoms. The Morgan fingerprint density at radius 1 is 1.07 bits per heavy atom. The Bertz CT molecular complexity index is 1110. The summed E-state index contributed by atoms with van der Waals surface area (Å²) in [7, 11) is 0. The molecule has 6 atom stereocenters. The van der Waals surface area contributed by atoms with E-state index in [0.717, 1.165) is 12.1 Å². The summed E-state index contributed by atoms with van der Waals surface area (Å²) in [5, 5.41) is 22.2. The van der Waals surface area contributed by atoms with Crippen LogP contribution in [0, 0.1) is 0 Å². The molecule has 0 spiro atoms. The summed E-state index contributed by atoms with van der Waals surface area (Å²) < 4.78 is 39.4. The molecule has 11 nitrogen and oxygen atoms in total. The van der Waals surface area contributed by atoms with E-state index >= 15 is 0 Å². The second-order valence-corrected chi connectivity index (χ2v) is 10.5. The fraction of sp³-hybridized carbons (Fsp3) is 0.615. The van der Waals surface area contributed by atoms with E-state index in [2.05, 4.69) is 5.32 Å². The van der Waals surface area contributed by atoms with E-state index < -0.39 is 71.2 Å². The van der Waals surface area contributed by atoms with Crippen LogP contribution in [0.2, 0.25) is 0 Å². The van der Waals surface area contributed by atoms with Crippen molar-refractivity contribution in [1.82, 2.24) is 15.1 Å². The first-order valence-corrected chi connectivity index (χ1v) is 13.1. The zero-order valence-electron chi connectivity index (χ0n) is 22.4. The van der Waals surface area contributed by atoms with Gasteiger partial charge in [0.25, 0.3) is 0 Å². The molecule has 0 saturated carbocycles. The van der Waals surface area contributed by atoms with Gasteiger partial charge in [0, 0.05) is 19.5 Å². The van der Waals surface area contributed by atoms with Crippen molar-refractivity contribution in [2.45, 2.75) is 88.0 Å². The van der Waals surface area contributed by atoms with Gasteiger partial charge in [-0.25, -0.2) is 0 Å². The number of halogens is 3. The van der Waals surface area contributed by atoms with Crippen molar-refractivity contribution in [2.24, 2.45) is 11.5 Å². The van der Waals surface area contributed by atoms with E-state index in [1.165, 1.54) is 35.8 Å². The van der Waals surface area contributed by atoms with E-state index in [9.17, 15) is 42.6 Å². The highest BCUT2D eigenvalue weighted by Gasteiger charge is 2.53. The second kappa shape index (κ2) is 12.1. The molecule has 3 rings (SSSR count). The number of amides is 4. The lowest BCUT2D eigenvalue weighted by atomic mass is 9.85. The molecule has 2 aliphatic heterocycles. The molecule has 1 unspecified atom stereocenters. The first-order chi connectivity index (χ1) is 18.6. The maximum atomic E-state index is 14.0. The van der Waals surface area contributed by atoms with Crippen molar-refractivity contribution >= 4 is 23.6 Å². The molecular weight excluding hydrogens is 535 g/mol. The number of aliphatic hydroxyl groups is 2. The van der Waals surface area contributed by atoms with Gasteiger partial charge in [-0.05, 0) is 57.2 Å². The van der Waals surface area contributed by atoms with E-state index in [-0.39, 0.29) is 32.4 Å². The van der Waals surface area contributed by atoms with Crippen molar-refractivity contribution in [3.05, 3.63) is 35.4 Å². The van der Waals surface area contributed by atoms with Gasteiger partial charge in [-0.15, -0.1) is 0 Å². The lowest BCUT2D eigenvalue weighted by Crippen LogP contribution is -2.65. The third-order valence-corrected chi connectivity index (χ3v) is 7.66. The van der Waals surface area contributed by atoms with Gasteiger partial charge in [-0.3, -0.25) is 19.2 Å². The highest BCUT2D eigenvalue weighted by atomic mass is 19.4. The van der Waals surface area contributed by atoms with Crippen LogP contribution in [0.5, 0.6) is 0 Å². The van der Waals surface area contributed by atoms with Crippen LogP contribution >= 0.6 is 0 Å². The molecule has 1 aromatic carbocycles. The molecule has 2 heterocycles. The molecule has 40 heavy (non-hydrogen) atoms. The van der Waals surface area contributed by atoms with Gasteiger partial charge in [0.15, 0.2) is 0 Å². The number of hydrogen-bond donors (Lipinski definition) is 5. The Labute approximate surface area is 229 Å².